The topological polar surface area (TPSA) is 24.4 Å². The van der Waals surface area contributed by atoms with Gasteiger partial charge in [-0.25, -0.2) is 9.58 Å². The molecule has 1 N–H and O–H groups in total. The molecule has 3 heteroatoms. The second-order valence-electron chi connectivity index (χ2n) is 9.88. The number of hydrogen-bond acceptors (Lipinski definition) is 2. The largest absolute Gasteiger partial charge is 0.231 e. The Morgan fingerprint density at radius 3 is 1.57 bits per heavy atom. The number of nitrogens with one attached hydrogen (secondary N) is 1. The summed E-state index contributed by atoms with van der Waals surface area (Å²) in [6, 6.07) is 0. The lowest BCUT2D eigenvalue weighted by Crippen LogP contribution is -2.57. The quantitative estimate of drug-likeness (QED) is 0.138. The van der Waals surface area contributed by atoms with Crippen LogP contribution in [0.5, 0.6) is 0 Å². The first-order valence-corrected chi connectivity index (χ1v) is 13.9. The number of aliphatic imine (C=N–C) groups is 1. The molecule has 0 amide bonds. The van der Waals surface area contributed by atoms with Crippen LogP contribution in [-0.4, -0.2) is 37.1 Å². The van der Waals surface area contributed by atoms with E-state index < -0.39 is 0 Å². The number of nitrogens with zero attached hydrogens (tertiary/aromatic N) is 2. The van der Waals surface area contributed by atoms with E-state index in [0.717, 1.165) is 24.2 Å². The molecule has 0 saturated carbocycles. The van der Waals surface area contributed by atoms with Crippen molar-refractivity contribution in [3.05, 3.63) is 0 Å². The van der Waals surface area contributed by atoms with Gasteiger partial charge in [0.1, 0.15) is 6.54 Å². The summed E-state index contributed by atoms with van der Waals surface area (Å²) in [4.78, 5) is 4.82. The Kier molecular flexibility index (Phi) is 17.8. The summed E-state index contributed by atoms with van der Waals surface area (Å²) in [5, 5.41) is 0. The lowest BCUT2D eigenvalue weighted by molar-refractivity contribution is -0.862. The van der Waals surface area contributed by atoms with Crippen molar-refractivity contribution in [2.75, 3.05) is 26.7 Å². The van der Waals surface area contributed by atoms with Gasteiger partial charge in [-0.2, -0.15) is 5.43 Å². The van der Waals surface area contributed by atoms with Crippen LogP contribution in [-0.2, 0) is 0 Å². The molecule has 0 aromatic rings. The molecule has 0 saturated heterocycles. The van der Waals surface area contributed by atoms with Crippen molar-refractivity contribution in [1.29, 1.82) is 0 Å². The summed E-state index contributed by atoms with van der Waals surface area (Å²) < 4.78 is 0.905. The van der Waals surface area contributed by atoms with Crippen LogP contribution in [0.4, 0.5) is 0 Å². The maximum atomic E-state index is 4.82. The van der Waals surface area contributed by atoms with E-state index in [2.05, 4.69) is 26.3 Å². The second kappa shape index (κ2) is 19.3. The highest BCUT2D eigenvalue weighted by atomic mass is 15.7. The number of hydrogen-bond donors (Lipinski definition) is 1. The predicted molar refractivity (Wildman–Crippen MR) is 135 cm³/mol. The Labute approximate surface area is 190 Å². The number of unbranched alkanes of at least 4 members (excludes halogenated alkanes) is 17. The van der Waals surface area contributed by atoms with Crippen LogP contribution in [0.3, 0.4) is 0 Å². The third kappa shape index (κ3) is 13.8. The van der Waals surface area contributed by atoms with E-state index in [9.17, 15) is 0 Å². The van der Waals surface area contributed by atoms with Crippen molar-refractivity contribution in [2.45, 2.75) is 142 Å². The molecule has 0 aromatic heterocycles. The molecule has 0 bridgehead atoms. The Morgan fingerprint density at radius 2 is 1.07 bits per heavy atom. The highest BCUT2D eigenvalue weighted by Crippen LogP contribution is 2.17. The maximum absolute atomic E-state index is 4.82. The van der Waals surface area contributed by atoms with E-state index in [1.807, 2.05) is 0 Å². The fraction of sp³-hybridized carbons (Fsp3) is 0.963. The zero-order chi connectivity index (χ0) is 21.8. The molecule has 1 atom stereocenters. The minimum absolute atomic E-state index is 0.905. The predicted octanol–water partition coefficient (Wildman–Crippen LogP) is 8.19. The van der Waals surface area contributed by atoms with Gasteiger partial charge in [-0.05, 0) is 12.8 Å². The summed E-state index contributed by atoms with van der Waals surface area (Å²) in [5.74, 6) is 1.40. The molecule has 0 radical (unpaired) electrons. The van der Waals surface area contributed by atoms with E-state index in [4.69, 9.17) is 4.99 Å². The zero-order valence-electron chi connectivity index (χ0n) is 21.2. The molecule has 0 fully saturated rings. The van der Waals surface area contributed by atoms with Crippen molar-refractivity contribution in [3.63, 3.8) is 0 Å². The molecule has 1 aliphatic heterocycles. The van der Waals surface area contributed by atoms with Gasteiger partial charge in [0, 0.05) is 13.0 Å². The first-order chi connectivity index (χ1) is 14.7. The Hall–Kier alpha value is -0.410. The van der Waals surface area contributed by atoms with Gasteiger partial charge in [0.15, 0.2) is 0 Å². The SMILES string of the molecule is CCCCCCCCCCCCCCCCCCC1=NCC[N+]1(C)NCCCCC. The Morgan fingerprint density at radius 1 is 0.633 bits per heavy atom. The highest BCUT2D eigenvalue weighted by Gasteiger charge is 2.33. The van der Waals surface area contributed by atoms with Gasteiger partial charge in [0.2, 0.25) is 5.84 Å². The van der Waals surface area contributed by atoms with Crippen LogP contribution in [0.15, 0.2) is 4.99 Å². The molecule has 3 nitrogen and oxygen atoms in total. The monoisotopic (exact) mass is 422 g/mol. The van der Waals surface area contributed by atoms with Crippen molar-refractivity contribution < 1.29 is 4.59 Å². The number of rotatable bonds is 22. The molecule has 0 aliphatic carbocycles. The number of quaternary nitrogens is 1. The second-order valence-corrected chi connectivity index (χ2v) is 9.88. The summed E-state index contributed by atoms with van der Waals surface area (Å²) >= 11 is 0. The van der Waals surface area contributed by atoms with E-state index in [-0.39, 0.29) is 0 Å². The minimum Gasteiger partial charge on any atom is -0.231 e. The Bertz CT molecular complexity index is 407. The van der Waals surface area contributed by atoms with Crippen LogP contribution in [0, 0.1) is 0 Å². The summed E-state index contributed by atoms with van der Waals surface area (Å²) in [6.45, 7) is 7.85. The van der Waals surface area contributed by atoms with Crippen LogP contribution >= 0.6 is 0 Å². The third-order valence-corrected chi connectivity index (χ3v) is 6.91. The molecular weight excluding hydrogens is 366 g/mol. The van der Waals surface area contributed by atoms with Gasteiger partial charge in [0.05, 0.1) is 13.6 Å². The van der Waals surface area contributed by atoms with E-state index >= 15 is 0 Å². The fourth-order valence-corrected chi connectivity index (χ4v) is 4.69. The smallest absolute Gasteiger partial charge is 0.217 e. The lowest BCUT2D eigenvalue weighted by atomic mass is 10.0. The average Bonchev–Trinajstić information content (AvgIpc) is 3.11. The van der Waals surface area contributed by atoms with Crippen LogP contribution in [0.1, 0.15) is 142 Å². The van der Waals surface area contributed by atoms with Crippen LogP contribution < -0.4 is 5.43 Å². The summed E-state index contributed by atoms with van der Waals surface area (Å²) in [7, 11) is 2.32. The van der Waals surface area contributed by atoms with E-state index in [0.29, 0.717) is 0 Å². The zero-order valence-corrected chi connectivity index (χ0v) is 21.2. The molecule has 1 unspecified atom stereocenters. The van der Waals surface area contributed by atoms with Crippen molar-refractivity contribution >= 4 is 5.84 Å². The highest BCUT2D eigenvalue weighted by molar-refractivity contribution is 5.76. The van der Waals surface area contributed by atoms with Crippen LogP contribution in [0.25, 0.3) is 0 Å². The van der Waals surface area contributed by atoms with Crippen molar-refractivity contribution in [2.24, 2.45) is 4.99 Å². The standard InChI is InChI=1S/C27H56N3/c1-4-6-8-9-10-11-12-13-14-15-16-17-18-19-20-21-23-27-28-25-26-30(27,3)29-24-22-7-5-2/h29H,4-26H2,1-3H3/q+1. The maximum Gasteiger partial charge on any atom is 0.217 e. The summed E-state index contributed by atoms with van der Waals surface area (Å²) in [5.41, 5.74) is 3.75. The molecule has 1 heterocycles. The molecular formula is C27H56N3+. The van der Waals surface area contributed by atoms with E-state index in [1.165, 1.54) is 134 Å². The van der Waals surface area contributed by atoms with Crippen molar-refractivity contribution in [1.82, 2.24) is 5.43 Å². The van der Waals surface area contributed by atoms with Gasteiger partial charge in [-0.15, -0.1) is 0 Å². The average molecular weight is 423 g/mol. The lowest BCUT2D eigenvalue weighted by Gasteiger charge is -2.30. The Balaban J connectivity index is 1.87. The molecule has 30 heavy (non-hydrogen) atoms. The van der Waals surface area contributed by atoms with Crippen LogP contribution in [0.2, 0.25) is 0 Å². The van der Waals surface area contributed by atoms with Gasteiger partial charge >= 0.3 is 0 Å². The molecule has 1 aliphatic rings. The van der Waals surface area contributed by atoms with Gasteiger partial charge in [-0.1, -0.05) is 123 Å². The first kappa shape index (κ1) is 27.6. The molecule has 178 valence electrons. The number of amidine groups is 1. The third-order valence-electron chi connectivity index (χ3n) is 6.91. The van der Waals surface area contributed by atoms with E-state index in [1.54, 1.807) is 0 Å². The van der Waals surface area contributed by atoms with Crippen molar-refractivity contribution in [3.8, 4) is 0 Å². The normalized spacial score (nSPS) is 18.8. The van der Waals surface area contributed by atoms with Gasteiger partial charge in [0.25, 0.3) is 0 Å². The van der Waals surface area contributed by atoms with Gasteiger partial charge < -0.3 is 0 Å². The minimum atomic E-state index is 0.905. The van der Waals surface area contributed by atoms with Gasteiger partial charge in [-0.3, -0.25) is 0 Å². The molecule has 0 spiro atoms. The summed E-state index contributed by atoms with van der Waals surface area (Å²) in [6.07, 6.45) is 28.1. The molecule has 0 aromatic carbocycles. The fourth-order valence-electron chi connectivity index (χ4n) is 4.69. The number of likely N-dealkylation sites (N-methyl/N-ethyl adjacent to an activating group) is 1. The molecule has 1 rings (SSSR count). The first-order valence-electron chi connectivity index (χ1n) is 13.9.